The first-order chi connectivity index (χ1) is 16.2. The highest BCUT2D eigenvalue weighted by molar-refractivity contribution is 7.99. The molecule has 1 saturated heterocycles. The van der Waals surface area contributed by atoms with Gasteiger partial charge in [0.1, 0.15) is 23.7 Å². The van der Waals surface area contributed by atoms with E-state index >= 15 is 0 Å². The standard InChI is InChI=1S/C26H26O6S/c27-16-21-23(30-17-18-10-4-1-5-11-18)22(28)24(32-25(29)19-12-6-2-7-13-19)26(31-21)33-20-14-8-3-9-15-20/h1-15,21-24,26-28H,16-17H2/t21-,22+,23-,24+,26-/m0/s1. The Morgan fingerprint density at radius 1 is 0.879 bits per heavy atom. The molecule has 2 N–H and O–H groups in total. The molecule has 1 aliphatic heterocycles. The minimum atomic E-state index is -1.20. The molecule has 0 bridgehead atoms. The zero-order valence-electron chi connectivity index (χ0n) is 17.9. The molecule has 0 spiro atoms. The molecule has 0 amide bonds. The molecule has 172 valence electrons. The van der Waals surface area contributed by atoms with Gasteiger partial charge >= 0.3 is 5.97 Å². The number of esters is 1. The van der Waals surface area contributed by atoms with Gasteiger partial charge in [0.05, 0.1) is 18.8 Å². The number of carbonyl (C=O) groups is 1. The fourth-order valence-electron chi connectivity index (χ4n) is 3.63. The predicted molar refractivity (Wildman–Crippen MR) is 125 cm³/mol. The second-order valence-electron chi connectivity index (χ2n) is 7.64. The van der Waals surface area contributed by atoms with Crippen LogP contribution in [0.4, 0.5) is 0 Å². The van der Waals surface area contributed by atoms with Gasteiger partial charge in [-0.2, -0.15) is 0 Å². The number of hydrogen-bond donors (Lipinski definition) is 2. The molecule has 1 heterocycles. The highest BCUT2D eigenvalue weighted by Crippen LogP contribution is 2.36. The third-order valence-electron chi connectivity index (χ3n) is 5.33. The van der Waals surface area contributed by atoms with Crippen molar-refractivity contribution >= 4 is 17.7 Å². The summed E-state index contributed by atoms with van der Waals surface area (Å²) >= 11 is 1.32. The van der Waals surface area contributed by atoms with Crippen LogP contribution >= 0.6 is 11.8 Å². The molecule has 3 aromatic carbocycles. The first kappa shape index (κ1) is 23.5. The minimum absolute atomic E-state index is 0.221. The van der Waals surface area contributed by atoms with E-state index in [9.17, 15) is 15.0 Å². The maximum absolute atomic E-state index is 12.8. The van der Waals surface area contributed by atoms with Crippen molar-refractivity contribution in [3.8, 4) is 0 Å². The first-order valence-electron chi connectivity index (χ1n) is 10.7. The minimum Gasteiger partial charge on any atom is -0.452 e. The lowest BCUT2D eigenvalue weighted by Crippen LogP contribution is -2.59. The molecule has 7 heteroatoms. The number of aliphatic hydroxyl groups excluding tert-OH is 2. The SMILES string of the molecule is O=C(O[C@@H]1[C@H](O)[C@@H](OCc2ccccc2)[C@H](CO)O[C@H]1Sc1ccccc1)c1ccccc1. The van der Waals surface area contributed by atoms with Gasteiger partial charge in [0.25, 0.3) is 0 Å². The maximum atomic E-state index is 12.8. The van der Waals surface area contributed by atoms with Crippen molar-refractivity contribution in [3.63, 3.8) is 0 Å². The highest BCUT2D eigenvalue weighted by atomic mass is 32.2. The highest BCUT2D eigenvalue weighted by Gasteiger charge is 2.48. The topological polar surface area (TPSA) is 85.2 Å². The molecule has 0 aliphatic carbocycles. The molecule has 0 saturated carbocycles. The number of carbonyl (C=O) groups excluding carboxylic acids is 1. The molecule has 0 aromatic heterocycles. The van der Waals surface area contributed by atoms with Crippen LogP contribution in [0.25, 0.3) is 0 Å². The molecular formula is C26H26O6S. The average Bonchev–Trinajstić information content (AvgIpc) is 2.87. The summed E-state index contributed by atoms with van der Waals surface area (Å²) in [5.41, 5.74) is 0.558. The van der Waals surface area contributed by atoms with Gasteiger partial charge < -0.3 is 24.4 Å². The Kier molecular flexibility index (Phi) is 8.15. The number of aliphatic hydroxyl groups is 2. The van der Waals surface area contributed by atoms with Gasteiger partial charge in [0.2, 0.25) is 0 Å². The summed E-state index contributed by atoms with van der Waals surface area (Å²) in [5, 5.41) is 21.2. The third kappa shape index (κ3) is 6.01. The zero-order chi connectivity index (χ0) is 23.0. The van der Waals surface area contributed by atoms with Crippen LogP contribution in [0.5, 0.6) is 0 Å². The summed E-state index contributed by atoms with van der Waals surface area (Å²) in [7, 11) is 0. The first-order valence-corrected chi connectivity index (χ1v) is 11.6. The number of ether oxygens (including phenoxy) is 3. The van der Waals surface area contributed by atoms with Crippen LogP contribution in [0.2, 0.25) is 0 Å². The second-order valence-corrected chi connectivity index (χ2v) is 8.82. The van der Waals surface area contributed by atoms with Crippen molar-refractivity contribution in [1.82, 2.24) is 0 Å². The summed E-state index contributed by atoms with van der Waals surface area (Å²) < 4.78 is 17.8. The summed E-state index contributed by atoms with van der Waals surface area (Å²) in [5.74, 6) is -0.564. The average molecular weight is 467 g/mol. The number of rotatable bonds is 8. The lowest BCUT2D eigenvalue weighted by molar-refractivity contribution is -0.224. The van der Waals surface area contributed by atoms with Crippen LogP contribution in [0.3, 0.4) is 0 Å². The lowest BCUT2D eigenvalue weighted by Gasteiger charge is -2.43. The second kappa shape index (κ2) is 11.4. The molecule has 4 rings (SSSR count). The predicted octanol–water partition coefficient (Wildman–Crippen LogP) is 3.67. The summed E-state index contributed by atoms with van der Waals surface area (Å²) in [6.07, 6.45) is -3.87. The van der Waals surface area contributed by atoms with Gasteiger partial charge in [-0.1, -0.05) is 78.5 Å². The molecule has 1 aliphatic rings. The van der Waals surface area contributed by atoms with E-state index in [1.807, 2.05) is 66.7 Å². The fraction of sp³-hybridized carbons (Fsp3) is 0.269. The van der Waals surface area contributed by atoms with Gasteiger partial charge in [0, 0.05) is 4.90 Å². The molecule has 0 unspecified atom stereocenters. The van der Waals surface area contributed by atoms with Crippen molar-refractivity contribution in [3.05, 3.63) is 102 Å². The summed E-state index contributed by atoms with van der Waals surface area (Å²) in [4.78, 5) is 13.7. The zero-order valence-corrected chi connectivity index (χ0v) is 18.7. The van der Waals surface area contributed by atoms with E-state index in [1.165, 1.54) is 11.8 Å². The van der Waals surface area contributed by atoms with Crippen molar-refractivity contribution in [2.45, 2.75) is 41.4 Å². The molecule has 3 aromatic rings. The Hall–Kier alpha value is -2.68. The van der Waals surface area contributed by atoms with E-state index in [2.05, 4.69) is 0 Å². The van der Waals surface area contributed by atoms with Crippen LogP contribution < -0.4 is 0 Å². The Morgan fingerprint density at radius 3 is 2.12 bits per heavy atom. The van der Waals surface area contributed by atoms with Gasteiger partial charge in [-0.25, -0.2) is 4.79 Å². The number of hydrogen-bond acceptors (Lipinski definition) is 7. The van der Waals surface area contributed by atoms with Crippen LogP contribution in [-0.4, -0.2) is 52.6 Å². The summed E-state index contributed by atoms with van der Waals surface area (Å²) in [6, 6.07) is 27.6. The van der Waals surface area contributed by atoms with Crippen LogP contribution in [0.15, 0.2) is 95.9 Å². The van der Waals surface area contributed by atoms with Crippen molar-refractivity contribution in [1.29, 1.82) is 0 Å². The molecule has 5 atom stereocenters. The van der Waals surface area contributed by atoms with E-state index in [0.717, 1.165) is 10.5 Å². The van der Waals surface area contributed by atoms with Gasteiger partial charge in [-0.05, 0) is 29.8 Å². The lowest BCUT2D eigenvalue weighted by atomic mass is 9.99. The number of benzene rings is 3. The Balaban J connectivity index is 1.55. The Labute approximate surface area is 197 Å². The van der Waals surface area contributed by atoms with Crippen LogP contribution in [0, 0.1) is 0 Å². The fourth-order valence-corrected chi connectivity index (χ4v) is 4.77. The smallest absolute Gasteiger partial charge is 0.338 e. The maximum Gasteiger partial charge on any atom is 0.338 e. The van der Waals surface area contributed by atoms with Crippen molar-refractivity contribution < 1.29 is 29.2 Å². The largest absolute Gasteiger partial charge is 0.452 e. The van der Waals surface area contributed by atoms with E-state index in [0.29, 0.717) is 5.56 Å². The number of thioether (sulfide) groups is 1. The van der Waals surface area contributed by atoms with Gasteiger partial charge in [-0.15, -0.1) is 0 Å². The summed E-state index contributed by atoms with van der Waals surface area (Å²) in [6.45, 7) is -0.125. The van der Waals surface area contributed by atoms with Crippen molar-refractivity contribution in [2.75, 3.05) is 6.61 Å². The third-order valence-corrected chi connectivity index (χ3v) is 6.49. The molecule has 0 radical (unpaired) electrons. The van der Waals surface area contributed by atoms with E-state index in [4.69, 9.17) is 14.2 Å². The van der Waals surface area contributed by atoms with Crippen molar-refractivity contribution in [2.24, 2.45) is 0 Å². The van der Waals surface area contributed by atoms with E-state index in [1.54, 1.807) is 24.3 Å². The Morgan fingerprint density at radius 2 is 1.48 bits per heavy atom. The van der Waals surface area contributed by atoms with Gasteiger partial charge in [-0.3, -0.25) is 0 Å². The monoisotopic (exact) mass is 466 g/mol. The van der Waals surface area contributed by atoms with E-state index < -0.39 is 35.8 Å². The van der Waals surface area contributed by atoms with Crippen LogP contribution in [0.1, 0.15) is 15.9 Å². The Bertz CT molecular complexity index is 1000. The van der Waals surface area contributed by atoms with Gasteiger partial charge in [0.15, 0.2) is 6.10 Å². The normalized spacial score (nSPS) is 24.8. The molecular weight excluding hydrogens is 440 g/mol. The quantitative estimate of drug-likeness (QED) is 0.490. The molecule has 33 heavy (non-hydrogen) atoms. The molecule has 6 nitrogen and oxygen atoms in total. The van der Waals surface area contributed by atoms with E-state index in [-0.39, 0.29) is 13.2 Å². The molecule has 1 fully saturated rings. The van der Waals surface area contributed by atoms with Crippen LogP contribution in [-0.2, 0) is 20.8 Å².